The van der Waals surface area contributed by atoms with Crippen molar-refractivity contribution in [3.05, 3.63) is 35.9 Å². The van der Waals surface area contributed by atoms with Crippen LogP contribution in [-0.2, 0) is 4.79 Å². The highest BCUT2D eigenvalue weighted by Gasteiger charge is 2.00. The number of amides is 1. The van der Waals surface area contributed by atoms with E-state index in [9.17, 15) is 4.79 Å². The largest absolute Gasteiger partial charge is 0.496 e. The van der Waals surface area contributed by atoms with Crippen molar-refractivity contribution in [2.75, 3.05) is 13.7 Å². The maximum Gasteiger partial charge on any atom is 0.250 e. The van der Waals surface area contributed by atoms with E-state index in [0.717, 1.165) is 11.3 Å². The van der Waals surface area contributed by atoms with Crippen molar-refractivity contribution in [3.8, 4) is 5.75 Å². The number of carbonyl (C=O) groups is 1. The predicted octanol–water partition coefficient (Wildman–Crippen LogP) is 1.72. The second-order valence-electron chi connectivity index (χ2n) is 3.42. The first-order valence-electron chi connectivity index (χ1n) is 5.57. The van der Waals surface area contributed by atoms with Gasteiger partial charge >= 0.3 is 0 Å². The summed E-state index contributed by atoms with van der Waals surface area (Å²) in [6, 6.07) is 7.45. The molecule has 0 aromatic heterocycles. The summed E-state index contributed by atoms with van der Waals surface area (Å²) in [4.78, 5) is 11.5. The summed E-state index contributed by atoms with van der Waals surface area (Å²) >= 11 is 4.91. The molecule has 0 spiro atoms. The molecule has 0 aliphatic carbocycles. The van der Waals surface area contributed by atoms with Crippen LogP contribution in [0.1, 0.15) is 12.5 Å². The topological polar surface area (TPSA) is 50.4 Å². The second kappa shape index (κ2) is 7.45. The maximum absolute atomic E-state index is 11.5. The molecule has 1 aromatic carbocycles. The molecule has 0 bridgehead atoms. The third-order valence-electron chi connectivity index (χ3n) is 2.13. The predicted molar refractivity (Wildman–Crippen MR) is 76.4 cm³/mol. The van der Waals surface area contributed by atoms with Gasteiger partial charge in [0.25, 0.3) is 0 Å². The third-order valence-corrected chi connectivity index (χ3v) is 2.37. The van der Waals surface area contributed by atoms with Crippen LogP contribution in [0.2, 0.25) is 0 Å². The van der Waals surface area contributed by atoms with Crippen LogP contribution in [-0.4, -0.2) is 24.7 Å². The molecule has 0 heterocycles. The highest BCUT2D eigenvalue weighted by atomic mass is 32.1. The molecular weight excluding hydrogens is 248 g/mol. The average molecular weight is 264 g/mol. The van der Waals surface area contributed by atoms with Crippen LogP contribution < -0.4 is 15.4 Å². The highest BCUT2D eigenvalue weighted by molar-refractivity contribution is 7.80. The Morgan fingerprint density at radius 3 is 2.83 bits per heavy atom. The lowest BCUT2D eigenvalue weighted by Crippen LogP contribution is -2.38. The zero-order valence-electron chi connectivity index (χ0n) is 10.4. The average Bonchev–Trinajstić information content (AvgIpc) is 2.37. The van der Waals surface area contributed by atoms with E-state index in [2.05, 4.69) is 10.6 Å². The van der Waals surface area contributed by atoms with E-state index in [1.54, 1.807) is 13.2 Å². The van der Waals surface area contributed by atoms with Crippen molar-refractivity contribution in [2.45, 2.75) is 6.92 Å². The van der Waals surface area contributed by atoms with Crippen LogP contribution in [0.3, 0.4) is 0 Å². The summed E-state index contributed by atoms with van der Waals surface area (Å²) in [6.45, 7) is 2.58. The molecule has 18 heavy (non-hydrogen) atoms. The molecule has 5 heteroatoms. The summed E-state index contributed by atoms with van der Waals surface area (Å²) in [7, 11) is 1.59. The van der Waals surface area contributed by atoms with Gasteiger partial charge in [0, 0.05) is 18.2 Å². The van der Waals surface area contributed by atoms with Gasteiger partial charge < -0.3 is 10.1 Å². The van der Waals surface area contributed by atoms with Crippen LogP contribution in [0, 0.1) is 0 Å². The quantitative estimate of drug-likeness (QED) is 0.642. The fraction of sp³-hybridized carbons (Fsp3) is 0.231. The van der Waals surface area contributed by atoms with Crippen molar-refractivity contribution >= 4 is 29.3 Å². The number of carbonyl (C=O) groups excluding carboxylic acids is 1. The van der Waals surface area contributed by atoms with Gasteiger partial charge in [-0.2, -0.15) is 0 Å². The van der Waals surface area contributed by atoms with Crippen molar-refractivity contribution in [2.24, 2.45) is 0 Å². The lowest BCUT2D eigenvalue weighted by Gasteiger charge is -2.05. The Hall–Kier alpha value is -1.88. The molecule has 1 amide bonds. The Morgan fingerprint density at radius 2 is 2.17 bits per heavy atom. The standard InChI is InChI=1S/C13H16N2O2S/c1-3-14-13(18)15-12(16)9-8-10-6-4-5-7-11(10)17-2/h4-9H,3H2,1-2H3,(H2,14,15,16,18)/b9-8-. The van der Waals surface area contributed by atoms with Gasteiger partial charge in [-0.25, -0.2) is 0 Å². The number of ether oxygens (including phenoxy) is 1. The van der Waals surface area contributed by atoms with E-state index in [0.29, 0.717) is 11.7 Å². The first-order valence-corrected chi connectivity index (χ1v) is 5.98. The summed E-state index contributed by atoms with van der Waals surface area (Å²) in [5.74, 6) is 0.447. The number of hydrogen-bond donors (Lipinski definition) is 2. The van der Waals surface area contributed by atoms with E-state index in [1.165, 1.54) is 6.08 Å². The monoisotopic (exact) mass is 264 g/mol. The first kappa shape index (κ1) is 14.2. The Kier molecular flexibility index (Phi) is 5.87. The Balaban J connectivity index is 2.63. The molecule has 2 N–H and O–H groups in total. The summed E-state index contributed by atoms with van der Waals surface area (Å²) in [6.07, 6.45) is 3.10. The minimum absolute atomic E-state index is 0.271. The highest BCUT2D eigenvalue weighted by Crippen LogP contribution is 2.18. The lowest BCUT2D eigenvalue weighted by atomic mass is 10.2. The van der Waals surface area contributed by atoms with E-state index in [-0.39, 0.29) is 5.91 Å². The number of rotatable bonds is 4. The van der Waals surface area contributed by atoms with Gasteiger partial charge in [0.1, 0.15) is 5.75 Å². The van der Waals surface area contributed by atoms with Gasteiger partial charge in [0.15, 0.2) is 5.11 Å². The van der Waals surface area contributed by atoms with E-state index in [1.807, 2.05) is 31.2 Å². The maximum atomic E-state index is 11.5. The smallest absolute Gasteiger partial charge is 0.250 e. The molecule has 0 aliphatic rings. The second-order valence-corrected chi connectivity index (χ2v) is 3.83. The van der Waals surface area contributed by atoms with Crippen LogP contribution in [0.4, 0.5) is 0 Å². The molecule has 0 aliphatic heterocycles. The molecular formula is C13H16N2O2S. The number of methoxy groups -OCH3 is 1. The summed E-state index contributed by atoms with van der Waals surface area (Å²) in [5.41, 5.74) is 0.838. The number of hydrogen-bond acceptors (Lipinski definition) is 3. The molecule has 0 saturated heterocycles. The zero-order valence-corrected chi connectivity index (χ0v) is 11.2. The van der Waals surface area contributed by atoms with Crippen LogP contribution in [0.5, 0.6) is 5.75 Å². The molecule has 0 saturated carbocycles. The Morgan fingerprint density at radius 1 is 1.44 bits per heavy atom. The minimum atomic E-state index is -0.271. The summed E-state index contributed by atoms with van der Waals surface area (Å²) in [5, 5.41) is 5.71. The van der Waals surface area contributed by atoms with Crippen molar-refractivity contribution in [3.63, 3.8) is 0 Å². The fourth-order valence-corrected chi connectivity index (χ4v) is 1.57. The minimum Gasteiger partial charge on any atom is -0.496 e. The Bertz CT molecular complexity index is 458. The zero-order chi connectivity index (χ0) is 13.4. The molecule has 0 radical (unpaired) electrons. The van der Waals surface area contributed by atoms with Crippen molar-refractivity contribution < 1.29 is 9.53 Å². The van der Waals surface area contributed by atoms with Gasteiger partial charge in [-0.3, -0.25) is 10.1 Å². The molecule has 0 fully saturated rings. The number of benzene rings is 1. The summed E-state index contributed by atoms with van der Waals surface area (Å²) < 4.78 is 5.18. The number of nitrogens with one attached hydrogen (secondary N) is 2. The molecule has 1 aromatic rings. The van der Waals surface area contributed by atoms with Crippen molar-refractivity contribution in [1.82, 2.24) is 10.6 Å². The van der Waals surface area contributed by atoms with Gasteiger partial charge in [0.2, 0.25) is 5.91 Å². The first-order chi connectivity index (χ1) is 8.67. The molecule has 0 atom stereocenters. The van der Waals surface area contributed by atoms with Crippen LogP contribution in [0.15, 0.2) is 30.3 Å². The van der Waals surface area contributed by atoms with Crippen molar-refractivity contribution in [1.29, 1.82) is 0 Å². The number of para-hydroxylation sites is 1. The fourth-order valence-electron chi connectivity index (χ4n) is 1.33. The molecule has 0 unspecified atom stereocenters. The van der Waals surface area contributed by atoms with Gasteiger partial charge in [-0.15, -0.1) is 0 Å². The van der Waals surface area contributed by atoms with Gasteiger partial charge in [-0.1, -0.05) is 18.2 Å². The van der Waals surface area contributed by atoms with Crippen LogP contribution in [0.25, 0.3) is 6.08 Å². The number of thiocarbonyl (C=S) groups is 1. The van der Waals surface area contributed by atoms with E-state index in [4.69, 9.17) is 17.0 Å². The normalized spacial score (nSPS) is 10.1. The lowest BCUT2D eigenvalue weighted by molar-refractivity contribution is -0.115. The molecule has 4 nitrogen and oxygen atoms in total. The van der Waals surface area contributed by atoms with Crippen LogP contribution >= 0.6 is 12.2 Å². The van der Waals surface area contributed by atoms with E-state index >= 15 is 0 Å². The third kappa shape index (κ3) is 4.55. The van der Waals surface area contributed by atoms with E-state index < -0.39 is 0 Å². The Labute approximate surface area is 112 Å². The SMILES string of the molecule is CCNC(=S)NC(=O)/C=C\c1ccccc1OC. The molecule has 1 rings (SSSR count). The van der Waals surface area contributed by atoms with Gasteiger partial charge in [-0.05, 0) is 31.3 Å². The van der Waals surface area contributed by atoms with Gasteiger partial charge in [0.05, 0.1) is 7.11 Å². The molecule has 96 valence electrons.